The summed E-state index contributed by atoms with van der Waals surface area (Å²) in [6.45, 7) is 5.66. The molecule has 0 saturated heterocycles. The molecule has 0 radical (unpaired) electrons. The number of aliphatic hydroxyl groups is 1. The lowest BCUT2D eigenvalue weighted by atomic mass is 9.98. The third kappa shape index (κ3) is 4.91. The van der Waals surface area contributed by atoms with Crippen LogP contribution in [0.1, 0.15) is 38.9 Å². The first kappa shape index (κ1) is 15.5. The molecule has 0 aliphatic heterocycles. The van der Waals surface area contributed by atoms with Crippen molar-refractivity contribution in [2.75, 3.05) is 7.11 Å². The maximum atomic E-state index is 11.3. The van der Waals surface area contributed by atoms with Crippen LogP contribution in [0.4, 0.5) is 0 Å². The molecule has 0 aliphatic rings. The van der Waals surface area contributed by atoms with Gasteiger partial charge in [-0.3, -0.25) is 4.79 Å². The van der Waals surface area contributed by atoms with Crippen molar-refractivity contribution in [3.63, 3.8) is 0 Å². The van der Waals surface area contributed by atoms with Gasteiger partial charge < -0.3 is 14.6 Å². The molecular formula is C15H22O4. The first-order chi connectivity index (χ1) is 8.93. The summed E-state index contributed by atoms with van der Waals surface area (Å²) in [5.74, 6) is 0.136. The molecule has 0 saturated carbocycles. The molecule has 0 fully saturated rings. The molecule has 0 amide bonds. The molecule has 0 spiro atoms. The average Bonchev–Trinajstić information content (AvgIpc) is 2.37. The first-order valence-corrected chi connectivity index (χ1v) is 6.46. The van der Waals surface area contributed by atoms with Gasteiger partial charge in [0, 0.05) is 0 Å². The number of aliphatic hydroxyl groups excluding tert-OH is 1. The summed E-state index contributed by atoms with van der Waals surface area (Å²) in [4.78, 5) is 11.3. The molecule has 0 aromatic heterocycles. The maximum absolute atomic E-state index is 11.3. The number of carbonyl (C=O) groups excluding carboxylic acids is 1. The Hall–Kier alpha value is -1.55. The van der Waals surface area contributed by atoms with E-state index in [9.17, 15) is 9.90 Å². The molecule has 4 heteroatoms. The lowest BCUT2D eigenvalue weighted by Crippen LogP contribution is -2.16. The van der Waals surface area contributed by atoms with E-state index in [1.165, 1.54) is 7.11 Å². The van der Waals surface area contributed by atoms with Crippen molar-refractivity contribution >= 4 is 5.97 Å². The number of methoxy groups -OCH3 is 1. The molecule has 1 aromatic carbocycles. The minimum Gasteiger partial charge on any atom is -0.491 e. The second-order valence-corrected chi connectivity index (χ2v) is 4.91. The highest BCUT2D eigenvalue weighted by Gasteiger charge is 2.19. The molecule has 0 aliphatic carbocycles. The van der Waals surface area contributed by atoms with E-state index in [2.05, 4.69) is 4.74 Å². The van der Waals surface area contributed by atoms with Gasteiger partial charge in [0.15, 0.2) is 0 Å². The Morgan fingerprint density at radius 1 is 1.21 bits per heavy atom. The topological polar surface area (TPSA) is 55.8 Å². The van der Waals surface area contributed by atoms with Gasteiger partial charge in [-0.05, 0) is 38.0 Å². The average molecular weight is 266 g/mol. The Kier molecular flexibility index (Phi) is 5.83. The fraction of sp³-hybridized carbons (Fsp3) is 0.533. The van der Waals surface area contributed by atoms with Crippen LogP contribution in [0.25, 0.3) is 0 Å². The number of carbonyl (C=O) groups is 1. The van der Waals surface area contributed by atoms with Crippen LogP contribution in [-0.2, 0) is 9.53 Å². The van der Waals surface area contributed by atoms with Gasteiger partial charge in [0.2, 0.25) is 0 Å². The van der Waals surface area contributed by atoms with Crippen LogP contribution in [0.2, 0.25) is 0 Å². The maximum Gasteiger partial charge on any atom is 0.308 e. The minimum atomic E-state index is -0.679. The normalized spacial score (nSPS) is 14.0. The van der Waals surface area contributed by atoms with Gasteiger partial charge in [0.1, 0.15) is 5.75 Å². The zero-order chi connectivity index (χ0) is 14.4. The quantitative estimate of drug-likeness (QED) is 0.804. The van der Waals surface area contributed by atoms with Gasteiger partial charge >= 0.3 is 5.97 Å². The molecule has 1 N–H and O–H groups in total. The predicted molar refractivity (Wildman–Crippen MR) is 73.0 cm³/mol. The highest BCUT2D eigenvalue weighted by Crippen LogP contribution is 2.24. The van der Waals surface area contributed by atoms with Gasteiger partial charge in [-0.1, -0.05) is 19.1 Å². The summed E-state index contributed by atoms with van der Waals surface area (Å²) in [5, 5.41) is 10.1. The molecule has 4 nitrogen and oxygen atoms in total. The molecule has 106 valence electrons. The highest BCUT2D eigenvalue weighted by atomic mass is 16.5. The summed E-state index contributed by atoms with van der Waals surface area (Å²) in [6, 6.07) is 7.27. The largest absolute Gasteiger partial charge is 0.491 e. The van der Waals surface area contributed by atoms with Gasteiger partial charge in [-0.15, -0.1) is 0 Å². The highest BCUT2D eigenvalue weighted by molar-refractivity contribution is 5.71. The number of rotatable bonds is 6. The second-order valence-electron chi connectivity index (χ2n) is 4.91. The summed E-state index contributed by atoms with van der Waals surface area (Å²) >= 11 is 0. The summed E-state index contributed by atoms with van der Waals surface area (Å²) in [7, 11) is 1.35. The van der Waals surface area contributed by atoms with Gasteiger partial charge in [0.25, 0.3) is 0 Å². The van der Waals surface area contributed by atoms with Crippen LogP contribution in [0, 0.1) is 5.92 Å². The molecule has 2 unspecified atom stereocenters. The van der Waals surface area contributed by atoms with Crippen molar-refractivity contribution in [3.8, 4) is 5.75 Å². The summed E-state index contributed by atoms with van der Waals surface area (Å²) in [5.41, 5.74) is 0.770. The molecule has 1 rings (SSSR count). The smallest absolute Gasteiger partial charge is 0.308 e. The van der Waals surface area contributed by atoms with E-state index in [1.54, 1.807) is 6.92 Å². The summed E-state index contributed by atoms with van der Waals surface area (Å²) < 4.78 is 10.2. The van der Waals surface area contributed by atoms with Crippen LogP contribution in [-0.4, -0.2) is 24.3 Å². The summed E-state index contributed by atoms with van der Waals surface area (Å²) in [6.07, 6.45) is -0.214. The Bertz CT molecular complexity index is 397. The van der Waals surface area contributed by atoms with Crippen molar-refractivity contribution in [2.24, 2.45) is 5.92 Å². The second kappa shape index (κ2) is 7.14. The predicted octanol–water partition coefficient (Wildman–Crippen LogP) is 2.71. The van der Waals surface area contributed by atoms with Crippen molar-refractivity contribution in [3.05, 3.63) is 29.8 Å². The van der Waals surface area contributed by atoms with Gasteiger partial charge in [-0.25, -0.2) is 0 Å². The fourth-order valence-corrected chi connectivity index (χ4v) is 1.81. The number of benzene rings is 1. The molecule has 1 aromatic rings. The fourth-order valence-electron chi connectivity index (χ4n) is 1.81. The molecule has 19 heavy (non-hydrogen) atoms. The standard InChI is InChI=1S/C15H22O4/c1-10(2)19-13-7-5-12(6-8-13)14(16)9-11(3)15(17)18-4/h5-8,10-11,14,16H,9H2,1-4H3. The number of hydrogen-bond acceptors (Lipinski definition) is 4. The molecule has 2 atom stereocenters. The van der Waals surface area contributed by atoms with Crippen LogP contribution < -0.4 is 4.74 Å². The Labute approximate surface area is 114 Å². The van der Waals surface area contributed by atoms with Crippen LogP contribution in [0.15, 0.2) is 24.3 Å². The van der Waals surface area contributed by atoms with E-state index in [0.29, 0.717) is 6.42 Å². The minimum absolute atomic E-state index is 0.120. The van der Waals surface area contributed by atoms with Crippen molar-refractivity contribution in [1.29, 1.82) is 0 Å². The lowest BCUT2D eigenvalue weighted by Gasteiger charge is -2.16. The van der Waals surface area contributed by atoms with Crippen molar-refractivity contribution in [2.45, 2.75) is 39.4 Å². The van der Waals surface area contributed by atoms with Crippen LogP contribution in [0.5, 0.6) is 5.75 Å². The van der Waals surface area contributed by atoms with E-state index in [-0.39, 0.29) is 18.0 Å². The van der Waals surface area contributed by atoms with E-state index < -0.39 is 6.10 Å². The Morgan fingerprint density at radius 2 is 1.79 bits per heavy atom. The van der Waals surface area contributed by atoms with Gasteiger partial charge in [-0.2, -0.15) is 0 Å². The Morgan fingerprint density at radius 3 is 2.26 bits per heavy atom. The third-order valence-corrected chi connectivity index (χ3v) is 2.82. The van der Waals surface area contributed by atoms with Crippen LogP contribution in [0.3, 0.4) is 0 Å². The van der Waals surface area contributed by atoms with E-state index in [1.807, 2.05) is 38.1 Å². The number of ether oxygens (including phenoxy) is 2. The monoisotopic (exact) mass is 266 g/mol. The zero-order valence-corrected chi connectivity index (χ0v) is 11.9. The Balaban J connectivity index is 2.62. The molecule has 0 heterocycles. The first-order valence-electron chi connectivity index (χ1n) is 6.46. The van der Waals surface area contributed by atoms with Crippen molar-refractivity contribution in [1.82, 2.24) is 0 Å². The van der Waals surface area contributed by atoms with Crippen LogP contribution >= 0.6 is 0 Å². The third-order valence-electron chi connectivity index (χ3n) is 2.82. The zero-order valence-electron chi connectivity index (χ0n) is 11.9. The van der Waals surface area contributed by atoms with Gasteiger partial charge in [0.05, 0.1) is 25.2 Å². The van der Waals surface area contributed by atoms with Crippen molar-refractivity contribution < 1.29 is 19.4 Å². The van der Waals surface area contributed by atoms with E-state index in [4.69, 9.17) is 4.74 Å². The molecular weight excluding hydrogens is 244 g/mol. The lowest BCUT2D eigenvalue weighted by molar-refractivity contribution is -0.145. The number of hydrogen-bond donors (Lipinski definition) is 1. The SMILES string of the molecule is COC(=O)C(C)CC(O)c1ccc(OC(C)C)cc1. The molecule has 0 bridgehead atoms. The van der Waals surface area contributed by atoms with E-state index in [0.717, 1.165) is 11.3 Å². The number of esters is 1. The van der Waals surface area contributed by atoms with E-state index >= 15 is 0 Å².